The highest BCUT2D eigenvalue weighted by Gasteiger charge is 2.40. The monoisotopic (exact) mass is 949 g/mol. The minimum absolute atomic E-state index is 0. The molecule has 4 amide bonds. The number of methoxy groups -OCH3 is 3. The Hall–Kier alpha value is -4.36. The summed E-state index contributed by atoms with van der Waals surface area (Å²) in [7, 11) is 4.02. The van der Waals surface area contributed by atoms with Crippen LogP contribution >= 0.6 is 12.4 Å². The third kappa shape index (κ3) is 27.0. The fraction of sp³-hybridized carbons (Fsp3) is 0.800. The summed E-state index contributed by atoms with van der Waals surface area (Å²) in [6.07, 6.45) is 16.2. The van der Waals surface area contributed by atoms with Crippen molar-refractivity contribution in [3.05, 3.63) is 0 Å². The van der Waals surface area contributed by atoms with Crippen LogP contribution in [-0.4, -0.2) is 108 Å². The van der Waals surface area contributed by atoms with Gasteiger partial charge in [-0.25, -0.2) is 5.90 Å². The first-order chi connectivity index (χ1) is 30.6. The molecular formula is C45H81ClN6O13. The van der Waals surface area contributed by atoms with Gasteiger partial charge in [-0.05, 0) is 70.6 Å². The number of nitrogens with two attached hydrogens (primary N) is 1. The Kier molecular flexibility index (Phi) is 34.6. The third-order valence-corrected chi connectivity index (χ3v) is 11.8. The summed E-state index contributed by atoms with van der Waals surface area (Å²) in [5.74, 6) is 2.53. The molecule has 0 radical (unpaired) electrons. The number of nitrogens with zero attached hydrogens (tertiary/aromatic N) is 1. The standard InChI is InChI=1S/2C15H26N2O4.C15H25NO4.ClH.H3NO/c1-3-4-5-6-13(18)16-15(11-14(19)21-2)9-7-12(17-20)8-10-15;1-3-4-5-6-13(19)17-15(11-14(20)21-2)8-7-12(18)16-10-9-15;1-3-4-5-6-13(18)16-15(11-14(19)20-2)9-7-12(17)8-10-15;;1-2/h20H,3-11H2,1-2H3,(H,16,18);3-11H2,1-2H3,(H,16,18)(H,17,19);3-11H2,1-2H3,(H,16,18);1H;2H,1H2. The number of oxime groups is 1. The number of nitrogens with one attached hydrogen (secondary N) is 4. The fourth-order valence-corrected chi connectivity index (χ4v) is 7.90. The highest BCUT2D eigenvalue weighted by atomic mass is 35.5. The van der Waals surface area contributed by atoms with Crippen LogP contribution in [0.15, 0.2) is 5.16 Å². The molecule has 1 unspecified atom stereocenters. The second-order valence-corrected chi connectivity index (χ2v) is 16.9. The minimum Gasteiger partial charge on any atom is -0.469 e. The van der Waals surface area contributed by atoms with Crippen molar-refractivity contribution < 1.29 is 63.0 Å². The van der Waals surface area contributed by atoms with Crippen molar-refractivity contribution in [2.45, 2.75) is 204 Å². The number of amides is 4. The van der Waals surface area contributed by atoms with E-state index in [-0.39, 0.29) is 79.0 Å². The van der Waals surface area contributed by atoms with E-state index < -0.39 is 16.6 Å². The van der Waals surface area contributed by atoms with Crippen molar-refractivity contribution >= 4 is 65.4 Å². The summed E-state index contributed by atoms with van der Waals surface area (Å²) >= 11 is 0. The summed E-state index contributed by atoms with van der Waals surface area (Å²) in [6.45, 7) is 6.72. The Labute approximate surface area is 392 Å². The van der Waals surface area contributed by atoms with Crippen LogP contribution in [0.3, 0.4) is 0 Å². The van der Waals surface area contributed by atoms with E-state index >= 15 is 0 Å². The van der Waals surface area contributed by atoms with Crippen molar-refractivity contribution in [2.75, 3.05) is 27.9 Å². The molecule has 0 bridgehead atoms. The molecule has 0 aromatic carbocycles. The Morgan fingerprint density at radius 2 is 0.892 bits per heavy atom. The predicted molar refractivity (Wildman–Crippen MR) is 246 cm³/mol. The van der Waals surface area contributed by atoms with Crippen molar-refractivity contribution in [3.8, 4) is 0 Å². The molecule has 0 aromatic rings. The first kappa shape index (κ1) is 62.7. The summed E-state index contributed by atoms with van der Waals surface area (Å²) in [6, 6.07) is 0. The van der Waals surface area contributed by atoms with Crippen LogP contribution in [0.2, 0.25) is 0 Å². The SMILES string of the molecule is CCCCCC(=O)NC1(CC(=O)OC)CCC(=NO)CC1.CCCCCC(=O)NC1(CC(=O)OC)CCC(=O)CC1.CCCCCC(=O)NC1(CC(=O)OC)CCNC(=O)CC1.Cl.NO. The van der Waals surface area contributed by atoms with Crippen LogP contribution in [0.5, 0.6) is 0 Å². The number of ether oxygens (including phenoxy) is 3. The molecule has 0 aromatic heterocycles. The maximum absolute atomic E-state index is 12.1. The third-order valence-electron chi connectivity index (χ3n) is 11.8. The van der Waals surface area contributed by atoms with Gasteiger partial charge in [-0.3, -0.25) is 38.4 Å². The summed E-state index contributed by atoms with van der Waals surface area (Å²) in [5.41, 5.74) is -1.11. The van der Waals surface area contributed by atoms with Crippen LogP contribution in [0.25, 0.3) is 0 Å². The average molecular weight is 950 g/mol. The van der Waals surface area contributed by atoms with Crippen LogP contribution in [0.1, 0.15) is 188 Å². The molecular weight excluding hydrogens is 868 g/mol. The molecule has 2 aliphatic carbocycles. The van der Waals surface area contributed by atoms with Crippen molar-refractivity contribution in [1.82, 2.24) is 21.3 Å². The van der Waals surface area contributed by atoms with Crippen LogP contribution in [-0.2, 0) is 52.6 Å². The van der Waals surface area contributed by atoms with Gasteiger partial charge >= 0.3 is 17.9 Å². The van der Waals surface area contributed by atoms with Gasteiger partial charge in [0, 0.05) is 45.1 Å². The number of hydrogen-bond donors (Lipinski definition) is 7. The number of carbonyl (C=O) groups is 8. The normalized spacial score (nSPS) is 19.7. The van der Waals surface area contributed by atoms with Crippen molar-refractivity contribution in [3.63, 3.8) is 0 Å². The van der Waals surface area contributed by atoms with Gasteiger partial charge < -0.3 is 45.9 Å². The Bertz CT molecular complexity index is 1480. The second-order valence-electron chi connectivity index (χ2n) is 16.9. The smallest absolute Gasteiger partial charge is 0.307 e. The molecule has 3 aliphatic rings. The number of unbranched alkanes of at least 4 members (excludes halogenated alkanes) is 6. The van der Waals surface area contributed by atoms with E-state index in [2.05, 4.69) is 53.1 Å². The Morgan fingerprint density at radius 1 is 0.569 bits per heavy atom. The lowest BCUT2D eigenvalue weighted by molar-refractivity contribution is -0.144. The maximum Gasteiger partial charge on any atom is 0.307 e. The molecule has 1 aliphatic heterocycles. The first-order valence-electron chi connectivity index (χ1n) is 22.9. The molecule has 1 atom stereocenters. The molecule has 0 spiro atoms. The molecule has 20 heteroatoms. The quantitative estimate of drug-likeness (QED) is 0.0244. The van der Waals surface area contributed by atoms with E-state index in [0.29, 0.717) is 96.4 Å². The van der Waals surface area contributed by atoms with E-state index in [1.807, 2.05) is 0 Å². The summed E-state index contributed by atoms with van der Waals surface area (Å²) in [5, 5.41) is 30.3. The number of ketones is 1. The van der Waals surface area contributed by atoms with Gasteiger partial charge in [0.15, 0.2) is 0 Å². The highest BCUT2D eigenvalue weighted by molar-refractivity contribution is 5.87. The maximum atomic E-state index is 12.1. The Balaban J connectivity index is 0. The van der Waals surface area contributed by atoms with E-state index in [4.69, 9.17) is 24.6 Å². The van der Waals surface area contributed by atoms with Gasteiger partial charge in [-0.1, -0.05) is 64.5 Å². The van der Waals surface area contributed by atoms with Crippen molar-refractivity contribution in [1.29, 1.82) is 0 Å². The molecule has 19 nitrogen and oxygen atoms in total. The van der Waals surface area contributed by atoms with E-state index in [0.717, 1.165) is 63.5 Å². The zero-order valence-corrected chi connectivity index (χ0v) is 40.7. The van der Waals surface area contributed by atoms with Gasteiger partial charge in [0.1, 0.15) is 5.78 Å². The molecule has 3 fully saturated rings. The minimum atomic E-state index is -0.671. The average Bonchev–Trinajstić information content (AvgIpc) is 3.46. The van der Waals surface area contributed by atoms with E-state index in [9.17, 15) is 38.4 Å². The fourth-order valence-electron chi connectivity index (χ4n) is 7.90. The summed E-state index contributed by atoms with van der Waals surface area (Å²) in [4.78, 5) is 93.8. The molecule has 2 saturated carbocycles. The van der Waals surface area contributed by atoms with Gasteiger partial charge in [0.2, 0.25) is 23.6 Å². The van der Waals surface area contributed by atoms with Gasteiger partial charge in [-0.2, -0.15) is 0 Å². The van der Waals surface area contributed by atoms with E-state index in [1.54, 1.807) is 0 Å². The van der Waals surface area contributed by atoms with Gasteiger partial charge in [0.25, 0.3) is 0 Å². The lowest BCUT2D eigenvalue weighted by Gasteiger charge is -2.37. The number of rotatable bonds is 21. The Morgan fingerprint density at radius 3 is 1.22 bits per heavy atom. The lowest BCUT2D eigenvalue weighted by atomic mass is 9.78. The lowest BCUT2D eigenvalue weighted by Crippen LogP contribution is -2.52. The zero-order chi connectivity index (χ0) is 48.4. The topological polar surface area (TPSA) is 291 Å². The second kappa shape index (κ2) is 35.8. The highest BCUT2D eigenvalue weighted by Crippen LogP contribution is 2.32. The molecule has 8 N–H and O–H groups in total. The molecule has 1 saturated heterocycles. The molecule has 3 rings (SSSR count). The number of hydrogen-bond acceptors (Lipinski definition) is 15. The predicted octanol–water partition coefficient (Wildman–Crippen LogP) is 5.56. The number of carbonyl (C=O) groups excluding carboxylic acids is 8. The van der Waals surface area contributed by atoms with Crippen LogP contribution < -0.4 is 27.2 Å². The zero-order valence-electron chi connectivity index (χ0n) is 39.9. The van der Waals surface area contributed by atoms with E-state index in [1.165, 1.54) is 21.3 Å². The van der Waals surface area contributed by atoms with Gasteiger partial charge in [-0.15, -0.1) is 12.4 Å². The molecule has 376 valence electrons. The number of Topliss-reactive ketones (excluding diaryl/α,β-unsaturated/α-hetero) is 1. The van der Waals surface area contributed by atoms with Crippen LogP contribution in [0, 0.1) is 0 Å². The number of halogens is 1. The molecule has 65 heavy (non-hydrogen) atoms. The summed E-state index contributed by atoms with van der Waals surface area (Å²) < 4.78 is 14.2. The largest absolute Gasteiger partial charge is 0.469 e. The first-order valence-corrected chi connectivity index (χ1v) is 22.9. The van der Waals surface area contributed by atoms with Crippen LogP contribution in [0.4, 0.5) is 0 Å². The number of esters is 3. The molecule has 1 heterocycles. The van der Waals surface area contributed by atoms with Crippen molar-refractivity contribution in [2.24, 2.45) is 11.1 Å². The van der Waals surface area contributed by atoms with Gasteiger partial charge in [0.05, 0.1) is 62.9 Å².